The highest BCUT2D eigenvalue weighted by molar-refractivity contribution is 5.82. The number of hydrogen-bond donors (Lipinski definition) is 3. The number of nitrogens with two attached hydrogens (primary N) is 1. The maximum Gasteiger partial charge on any atom is 0.143 e. The van der Waals surface area contributed by atoms with Crippen LogP contribution in [0.2, 0.25) is 0 Å². The molecule has 15 heavy (non-hydrogen) atoms. The van der Waals surface area contributed by atoms with Crippen LogP contribution in [0.5, 0.6) is 0 Å². The first kappa shape index (κ1) is 14.2. The fraction of sp³-hybridized carbons (Fsp3) is 0.900. The van der Waals surface area contributed by atoms with Gasteiger partial charge in [-0.1, -0.05) is 12.1 Å². The molecule has 90 valence electrons. The van der Waals surface area contributed by atoms with E-state index in [4.69, 9.17) is 15.7 Å². The van der Waals surface area contributed by atoms with Crippen molar-refractivity contribution in [1.82, 2.24) is 5.32 Å². The second kappa shape index (κ2) is 6.63. The van der Waals surface area contributed by atoms with Gasteiger partial charge >= 0.3 is 0 Å². The van der Waals surface area contributed by atoms with Crippen LogP contribution in [-0.2, 0) is 4.74 Å². The summed E-state index contributed by atoms with van der Waals surface area (Å²) in [6, 6.07) is 0. The van der Waals surface area contributed by atoms with Gasteiger partial charge in [-0.25, -0.2) is 0 Å². The summed E-state index contributed by atoms with van der Waals surface area (Å²) in [4.78, 5) is 0. The number of rotatable bonds is 7. The molecule has 0 amide bonds. The maximum absolute atomic E-state index is 8.46. The zero-order valence-electron chi connectivity index (χ0n) is 10.1. The number of oxime groups is 1. The number of nitrogens with one attached hydrogen (secondary N) is 1. The van der Waals surface area contributed by atoms with Crippen molar-refractivity contribution in [1.29, 1.82) is 0 Å². The summed E-state index contributed by atoms with van der Waals surface area (Å²) in [5.41, 5.74) is 5.27. The molecule has 0 saturated heterocycles. The van der Waals surface area contributed by atoms with Gasteiger partial charge in [-0.05, 0) is 20.8 Å². The summed E-state index contributed by atoms with van der Waals surface area (Å²) in [5, 5.41) is 14.7. The summed E-state index contributed by atoms with van der Waals surface area (Å²) < 4.78 is 5.52. The van der Waals surface area contributed by atoms with Gasteiger partial charge in [0, 0.05) is 25.6 Å². The quantitative estimate of drug-likeness (QED) is 0.255. The molecule has 0 heterocycles. The Labute approximate surface area is 91.7 Å². The van der Waals surface area contributed by atoms with Crippen molar-refractivity contribution in [2.75, 3.05) is 19.7 Å². The lowest BCUT2D eigenvalue weighted by Crippen LogP contribution is -2.41. The van der Waals surface area contributed by atoms with Gasteiger partial charge < -0.3 is 21.0 Å². The second-order valence-electron chi connectivity index (χ2n) is 4.25. The molecule has 0 radical (unpaired) electrons. The highest BCUT2D eigenvalue weighted by Crippen LogP contribution is 2.06. The van der Waals surface area contributed by atoms with Crippen LogP contribution in [0.3, 0.4) is 0 Å². The topological polar surface area (TPSA) is 79.9 Å². The molecule has 0 bridgehead atoms. The first-order valence-electron chi connectivity index (χ1n) is 5.25. The monoisotopic (exact) mass is 217 g/mol. The third-order valence-corrected chi connectivity index (χ3v) is 2.16. The molecule has 0 aliphatic heterocycles. The smallest absolute Gasteiger partial charge is 0.143 e. The third kappa shape index (κ3) is 6.30. The van der Waals surface area contributed by atoms with E-state index in [-0.39, 0.29) is 17.4 Å². The van der Waals surface area contributed by atoms with E-state index < -0.39 is 0 Å². The molecule has 0 spiro atoms. The Morgan fingerprint density at radius 3 is 2.67 bits per heavy atom. The molecule has 0 aromatic rings. The minimum atomic E-state index is -0.181. The van der Waals surface area contributed by atoms with E-state index >= 15 is 0 Å². The molecule has 0 aliphatic carbocycles. The average molecular weight is 217 g/mol. The van der Waals surface area contributed by atoms with Crippen LogP contribution in [0, 0.1) is 5.92 Å². The lowest BCUT2D eigenvalue weighted by Gasteiger charge is -2.25. The summed E-state index contributed by atoms with van der Waals surface area (Å²) in [6.07, 6.45) is 0. The maximum atomic E-state index is 8.46. The van der Waals surface area contributed by atoms with Crippen LogP contribution in [0.25, 0.3) is 0 Å². The lowest BCUT2D eigenvalue weighted by molar-refractivity contribution is -0.00886. The standard InChI is InChI=1S/C10H23N3O2/c1-5-15-10(3,4)7-12-6-8(2)9(11)13-14/h8,12,14H,5-7H2,1-4H3,(H2,11,13). The number of ether oxygens (including phenoxy) is 1. The molecule has 1 unspecified atom stereocenters. The Kier molecular flexibility index (Phi) is 6.27. The van der Waals surface area contributed by atoms with Gasteiger partial charge in [0.25, 0.3) is 0 Å². The van der Waals surface area contributed by atoms with Gasteiger partial charge in [-0.3, -0.25) is 0 Å². The van der Waals surface area contributed by atoms with Gasteiger partial charge in [-0.2, -0.15) is 0 Å². The fourth-order valence-electron chi connectivity index (χ4n) is 1.23. The average Bonchev–Trinajstić information content (AvgIpc) is 2.15. The van der Waals surface area contributed by atoms with Gasteiger partial charge in [0.05, 0.1) is 5.60 Å². The van der Waals surface area contributed by atoms with Gasteiger partial charge in [0.2, 0.25) is 0 Å². The molecule has 0 aromatic heterocycles. The van der Waals surface area contributed by atoms with E-state index in [9.17, 15) is 0 Å². The summed E-state index contributed by atoms with van der Waals surface area (Å²) >= 11 is 0. The van der Waals surface area contributed by atoms with Crippen molar-refractivity contribution in [3.63, 3.8) is 0 Å². The van der Waals surface area contributed by atoms with E-state index in [2.05, 4.69) is 10.5 Å². The van der Waals surface area contributed by atoms with Crippen LogP contribution in [-0.4, -0.2) is 36.3 Å². The van der Waals surface area contributed by atoms with Crippen molar-refractivity contribution < 1.29 is 9.94 Å². The van der Waals surface area contributed by atoms with E-state index in [0.717, 1.165) is 6.54 Å². The minimum absolute atomic E-state index is 0.0208. The van der Waals surface area contributed by atoms with Gasteiger partial charge in [0.15, 0.2) is 0 Å². The molecule has 0 fully saturated rings. The van der Waals surface area contributed by atoms with E-state index in [1.807, 2.05) is 27.7 Å². The summed E-state index contributed by atoms with van der Waals surface area (Å²) in [5.74, 6) is 0.268. The normalized spacial score (nSPS) is 15.3. The zero-order chi connectivity index (χ0) is 11.9. The molecular weight excluding hydrogens is 194 g/mol. The largest absolute Gasteiger partial charge is 0.409 e. The Bertz CT molecular complexity index is 205. The van der Waals surface area contributed by atoms with Crippen LogP contribution >= 0.6 is 0 Å². The Balaban J connectivity index is 3.79. The van der Waals surface area contributed by atoms with Crippen molar-refractivity contribution in [3.05, 3.63) is 0 Å². The van der Waals surface area contributed by atoms with Crippen LogP contribution in [0.4, 0.5) is 0 Å². The molecule has 4 N–H and O–H groups in total. The van der Waals surface area contributed by atoms with Crippen LogP contribution in [0.1, 0.15) is 27.7 Å². The molecular formula is C10H23N3O2. The predicted octanol–water partition coefficient (Wildman–Crippen LogP) is 0.774. The summed E-state index contributed by atoms with van der Waals surface area (Å²) in [6.45, 7) is 10.0. The number of hydrogen-bond acceptors (Lipinski definition) is 4. The molecule has 0 rings (SSSR count). The van der Waals surface area contributed by atoms with Crippen molar-refractivity contribution >= 4 is 5.84 Å². The van der Waals surface area contributed by atoms with Gasteiger partial charge in [-0.15, -0.1) is 0 Å². The number of amidine groups is 1. The Morgan fingerprint density at radius 1 is 1.60 bits per heavy atom. The van der Waals surface area contributed by atoms with Crippen LogP contribution in [0.15, 0.2) is 5.16 Å². The molecule has 0 saturated carbocycles. The first-order chi connectivity index (χ1) is 6.93. The van der Waals surface area contributed by atoms with Crippen molar-refractivity contribution in [2.45, 2.75) is 33.3 Å². The predicted molar refractivity (Wildman–Crippen MR) is 61.1 cm³/mol. The zero-order valence-corrected chi connectivity index (χ0v) is 10.1. The molecule has 0 aromatic carbocycles. The fourth-order valence-corrected chi connectivity index (χ4v) is 1.23. The molecule has 5 nitrogen and oxygen atoms in total. The third-order valence-electron chi connectivity index (χ3n) is 2.16. The van der Waals surface area contributed by atoms with Crippen molar-refractivity contribution in [3.8, 4) is 0 Å². The SMILES string of the molecule is CCOC(C)(C)CNCC(C)C(N)=NO. The molecule has 5 heteroatoms. The van der Waals surface area contributed by atoms with Gasteiger partial charge in [0.1, 0.15) is 5.84 Å². The Hall–Kier alpha value is -0.810. The second-order valence-corrected chi connectivity index (χ2v) is 4.25. The van der Waals surface area contributed by atoms with E-state index in [1.165, 1.54) is 0 Å². The number of nitrogens with zero attached hydrogens (tertiary/aromatic N) is 1. The van der Waals surface area contributed by atoms with E-state index in [0.29, 0.717) is 13.2 Å². The lowest BCUT2D eigenvalue weighted by atomic mass is 10.1. The summed E-state index contributed by atoms with van der Waals surface area (Å²) in [7, 11) is 0. The highest BCUT2D eigenvalue weighted by atomic mass is 16.5. The Morgan fingerprint density at radius 2 is 2.20 bits per heavy atom. The molecule has 1 atom stereocenters. The molecule has 0 aliphatic rings. The minimum Gasteiger partial charge on any atom is -0.409 e. The first-order valence-corrected chi connectivity index (χ1v) is 5.25. The van der Waals surface area contributed by atoms with E-state index in [1.54, 1.807) is 0 Å². The van der Waals surface area contributed by atoms with Crippen LogP contribution < -0.4 is 11.1 Å². The highest BCUT2D eigenvalue weighted by Gasteiger charge is 2.17. The van der Waals surface area contributed by atoms with Crippen molar-refractivity contribution in [2.24, 2.45) is 16.8 Å².